The minimum Gasteiger partial charge on any atom is -0.440 e. The zero-order chi connectivity index (χ0) is 19.6. The van der Waals surface area contributed by atoms with Gasteiger partial charge in [-0.15, -0.1) is 0 Å². The molecule has 6 heteroatoms. The van der Waals surface area contributed by atoms with Crippen LogP contribution in [0.5, 0.6) is 0 Å². The number of carbonyl (C=O) groups is 2. The van der Waals surface area contributed by atoms with Crippen LogP contribution in [0, 0.1) is 0 Å². The van der Waals surface area contributed by atoms with Crippen LogP contribution in [0.15, 0.2) is 59.1 Å². The maximum absolute atomic E-state index is 13.0. The van der Waals surface area contributed by atoms with Crippen LogP contribution in [0.4, 0.5) is 4.79 Å². The van der Waals surface area contributed by atoms with E-state index in [9.17, 15) is 9.59 Å². The number of halogens is 1. The van der Waals surface area contributed by atoms with Crippen LogP contribution < -0.4 is 0 Å². The Morgan fingerprint density at radius 2 is 1.81 bits per heavy atom. The largest absolute Gasteiger partial charge is 0.440 e. The molecule has 3 rings (SSSR count). The van der Waals surface area contributed by atoms with E-state index in [4.69, 9.17) is 9.47 Å². The SMILES string of the molecule is CC(OCc1ccc(Br)cc1)C(=O)N1C(=O)OC(C)(C)[C@@H]1c1ccccc1. The van der Waals surface area contributed by atoms with Gasteiger partial charge in [-0.1, -0.05) is 58.4 Å². The maximum Gasteiger partial charge on any atom is 0.417 e. The first-order valence-corrected chi connectivity index (χ1v) is 9.56. The predicted octanol–water partition coefficient (Wildman–Crippen LogP) is 4.85. The first-order valence-electron chi connectivity index (χ1n) is 8.76. The minimum absolute atomic E-state index is 0.280. The number of rotatable bonds is 5. The number of hydrogen-bond acceptors (Lipinski definition) is 4. The molecule has 2 aromatic carbocycles. The summed E-state index contributed by atoms with van der Waals surface area (Å²) in [6.07, 6.45) is -1.42. The maximum atomic E-state index is 13.0. The lowest BCUT2D eigenvalue weighted by Crippen LogP contribution is -2.43. The Bertz CT molecular complexity index is 820. The molecule has 2 atom stereocenters. The van der Waals surface area contributed by atoms with E-state index in [1.54, 1.807) is 6.92 Å². The number of amides is 2. The molecule has 0 spiro atoms. The molecule has 1 aliphatic heterocycles. The molecule has 0 bridgehead atoms. The second-order valence-electron chi connectivity index (χ2n) is 7.07. The van der Waals surface area contributed by atoms with Crippen LogP contribution in [0.1, 0.15) is 37.9 Å². The van der Waals surface area contributed by atoms with Crippen LogP contribution in [0.25, 0.3) is 0 Å². The van der Waals surface area contributed by atoms with Crippen LogP contribution in [-0.2, 0) is 20.9 Å². The van der Waals surface area contributed by atoms with Crippen molar-refractivity contribution in [3.63, 3.8) is 0 Å². The molecule has 1 heterocycles. The summed E-state index contributed by atoms with van der Waals surface area (Å²) in [6.45, 7) is 5.55. The van der Waals surface area contributed by atoms with E-state index in [1.807, 2.05) is 68.4 Å². The molecule has 0 N–H and O–H groups in total. The first kappa shape index (κ1) is 19.6. The molecule has 142 valence electrons. The van der Waals surface area contributed by atoms with Crippen LogP contribution in [0.3, 0.4) is 0 Å². The Balaban J connectivity index is 1.76. The van der Waals surface area contributed by atoms with Gasteiger partial charge >= 0.3 is 6.09 Å². The van der Waals surface area contributed by atoms with E-state index in [-0.39, 0.29) is 6.61 Å². The van der Waals surface area contributed by atoms with Crippen molar-refractivity contribution in [2.75, 3.05) is 0 Å². The zero-order valence-electron chi connectivity index (χ0n) is 15.5. The highest BCUT2D eigenvalue weighted by atomic mass is 79.9. The van der Waals surface area contributed by atoms with Gasteiger partial charge in [-0.2, -0.15) is 0 Å². The highest BCUT2D eigenvalue weighted by Gasteiger charge is 2.52. The van der Waals surface area contributed by atoms with E-state index in [0.29, 0.717) is 0 Å². The summed E-state index contributed by atoms with van der Waals surface area (Å²) in [5.74, 6) is -0.406. The standard InChI is InChI=1S/C21H22BrNO4/c1-14(26-13-15-9-11-17(22)12-10-15)19(24)23-18(16-7-5-4-6-8-16)21(2,3)27-20(23)25/h4-12,14,18H,13H2,1-3H3/t14?,18-/m0/s1. The molecule has 5 nitrogen and oxygen atoms in total. The second kappa shape index (κ2) is 7.82. The van der Waals surface area contributed by atoms with Crippen LogP contribution >= 0.6 is 15.9 Å². The summed E-state index contributed by atoms with van der Waals surface area (Å²) in [5, 5.41) is 0. The number of carbonyl (C=O) groups excluding carboxylic acids is 2. The zero-order valence-corrected chi connectivity index (χ0v) is 17.1. The first-order chi connectivity index (χ1) is 12.8. The third-order valence-electron chi connectivity index (χ3n) is 4.58. The Morgan fingerprint density at radius 3 is 2.44 bits per heavy atom. The lowest BCUT2D eigenvalue weighted by atomic mass is 9.91. The third-order valence-corrected chi connectivity index (χ3v) is 5.11. The number of nitrogens with zero attached hydrogens (tertiary/aromatic N) is 1. The highest BCUT2D eigenvalue weighted by molar-refractivity contribution is 9.10. The molecule has 0 aromatic heterocycles. The molecule has 1 aliphatic rings. The quantitative estimate of drug-likeness (QED) is 0.678. The summed E-state index contributed by atoms with van der Waals surface area (Å²) >= 11 is 3.39. The lowest BCUT2D eigenvalue weighted by molar-refractivity contribution is -0.141. The van der Waals surface area contributed by atoms with Gasteiger partial charge in [-0.25, -0.2) is 9.69 Å². The molecule has 27 heavy (non-hydrogen) atoms. The monoisotopic (exact) mass is 431 g/mol. The highest BCUT2D eigenvalue weighted by Crippen LogP contribution is 2.41. The second-order valence-corrected chi connectivity index (χ2v) is 7.99. The molecular weight excluding hydrogens is 410 g/mol. The summed E-state index contributed by atoms with van der Waals surface area (Å²) in [5.41, 5.74) is 0.975. The van der Waals surface area contributed by atoms with Crippen molar-refractivity contribution in [2.24, 2.45) is 0 Å². The van der Waals surface area contributed by atoms with Gasteiger partial charge in [0, 0.05) is 4.47 Å². The predicted molar refractivity (Wildman–Crippen MR) is 105 cm³/mol. The van der Waals surface area contributed by atoms with E-state index in [0.717, 1.165) is 15.6 Å². The molecule has 1 fully saturated rings. The normalized spacial score (nSPS) is 19.6. The van der Waals surface area contributed by atoms with Gasteiger partial charge in [0.1, 0.15) is 17.7 Å². The third kappa shape index (κ3) is 4.22. The molecular formula is C21H22BrNO4. The van der Waals surface area contributed by atoms with Gasteiger partial charge in [0.05, 0.1) is 6.61 Å². The van der Waals surface area contributed by atoms with E-state index in [1.165, 1.54) is 4.90 Å². The van der Waals surface area contributed by atoms with Crippen LogP contribution in [0.2, 0.25) is 0 Å². The molecule has 0 aliphatic carbocycles. The Morgan fingerprint density at radius 1 is 1.19 bits per heavy atom. The molecule has 1 saturated heterocycles. The van der Waals surface area contributed by atoms with Gasteiger partial charge in [-0.3, -0.25) is 4.79 Å². The fourth-order valence-corrected chi connectivity index (χ4v) is 3.48. The average molecular weight is 432 g/mol. The van der Waals surface area contributed by atoms with Crippen molar-refractivity contribution in [3.8, 4) is 0 Å². The molecule has 2 amide bonds. The molecule has 0 radical (unpaired) electrons. The van der Waals surface area contributed by atoms with Gasteiger partial charge in [0.25, 0.3) is 5.91 Å². The smallest absolute Gasteiger partial charge is 0.417 e. The summed E-state index contributed by atoms with van der Waals surface area (Å²) in [6, 6.07) is 16.6. The summed E-state index contributed by atoms with van der Waals surface area (Å²) in [7, 11) is 0. The fraction of sp³-hybridized carbons (Fsp3) is 0.333. The van der Waals surface area contributed by atoms with E-state index >= 15 is 0 Å². The average Bonchev–Trinajstić information content (AvgIpc) is 2.89. The summed E-state index contributed by atoms with van der Waals surface area (Å²) < 4.78 is 12.2. The Labute approximate surface area is 167 Å². The number of imide groups is 1. The van der Waals surface area contributed by atoms with Crippen molar-refractivity contribution in [1.29, 1.82) is 0 Å². The number of hydrogen-bond donors (Lipinski definition) is 0. The topological polar surface area (TPSA) is 55.8 Å². The van der Waals surface area contributed by atoms with Crippen molar-refractivity contribution in [3.05, 3.63) is 70.2 Å². The van der Waals surface area contributed by atoms with Gasteiger partial charge in [0.2, 0.25) is 0 Å². The number of ether oxygens (including phenoxy) is 2. The fourth-order valence-electron chi connectivity index (χ4n) is 3.22. The number of cyclic esters (lactones) is 1. The van der Waals surface area contributed by atoms with E-state index in [2.05, 4.69) is 15.9 Å². The van der Waals surface area contributed by atoms with Crippen molar-refractivity contribution >= 4 is 27.9 Å². The molecule has 0 saturated carbocycles. The van der Waals surface area contributed by atoms with Gasteiger partial charge in [-0.05, 0) is 44.0 Å². The lowest BCUT2D eigenvalue weighted by Gasteiger charge is -2.29. The molecule has 1 unspecified atom stereocenters. The summed E-state index contributed by atoms with van der Waals surface area (Å²) in [4.78, 5) is 26.6. The Hall–Kier alpha value is -2.18. The van der Waals surface area contributed by atoms with Crippen molar-refractivity contribution in [2.45, 2.75) is 45.1 Å². The van der Waals surface area contributed by atoms with E-state index < -0.39 is 29.7 Å². The minimum atomic E-state index is -0.820. The van der Waals surface area contributed by atoms with Crippen molar-refractivity contribution < 1.29 is 19.1 Å². The van der Waals surface area contributed by atoms with Gasteiger partial charge < -0.3 is 9.47 Å². The Kier molecular flexibility index (Phi) is 5.67. The van der Waals surface area contributed by atoms with Crippen molar-refractivity contribution in [1.82, 2.24) is 4.90 Å². The van der Waals surface area contributed by atoms with Crippen LogP contribution in [-0.4, -0.2) is 28.6 Å². The molecule has 2 aromatic rings. The number of benzene rings is 2. The van der Waals surface area contributed by atoms with Gasteiger partial charge in [0.15, 0.2) is 0 Å².